The molecule has 0 amide bonds. The van der Waals surface area contributed by atoms with Crippen molar-refractivity contribution in [2.45, 2.75) is 19.8 Å². The Morgan fingerprint density at radius 1 is 0.960 bits per heavy atom. The quantitative estimate of drug-likeness (QED) is 0.529. The third kappa shape index (κ3) is 5.29. The molecule has 0 atom stereocenters. The van der Waals surface area contributed by atoms with Gasteiger partial charge in [0.15, 0.2) is 0 Å². The lowest BCUT2D eigenvalue weighted by molar-refractivity contribution is 0.851. The first-order chi connectivity index (χ1) is 12.2. The topological polar surface area (TPSA) is 49.8 Å². The van der Waals surface area contributed by atoms with Gasteiger partial charge in [-0.15, -0.1) is 0 Å². The van der Waals surface area contributed by atoms with Crippen molar-refractivity contribution in [3.05, 3.63) is 76.4 Å². The molecule has 3 rings (SSSR count). The van der Waals surface area contributed by atoms with Crippen LogP contribution >= 0.6 is 15.9 Å². The zero-order valence-electron chi connectivity index (χ0n) is 14.2. The molecule has 2 N–H and O–H groups in total. The normalized spacial score (nSPS) is 10.5. The lowest BCUT2D eigenvalue weighted by Gasteiger charge is -2.11. The van der Waals surface area contributed by atoms with E-state index in [2.05, 4.69) is 60.8 Å². The highest BCUT2D eigenvalue weighted by atomic mass is 79.9. The lowest BCUT2D eigenvalue weighted by Crippen LogP contribution is -2.08. The first-order valence-electron chi connectivity index (χ1n) is 8.36. The maximum Gasteiger partial charge on any atom is 0.224 e. The van der Waals surface area contributed by atoms with E-state index in [9.17, 15) is 0 Å². The lowest BCUT2D eigenvalue weighted by atomic mass is 10.1. The molecule has 0 unspecified atom stereocenters. The molecule has 0 aliphatic rings. The van der Waals surface area contributed by atoms with Gasteiger partial charge >= 0.3 is 0 Å². The highest BCUT2D eigenvalue weighted by molar-refractivity contribution is 9.10. The highest BCUT2D eigenvalue weighted by Gasteiger charge is 2.04. The van der Waals surface area contributed by atoms with Crippen molar-refractivity contribution in [1.82, 2.24) is 9.97 Å². The van der Waals surface area contributed by atoms with Crippen LogP contribution in [0.1, 0.15) is 17.7 Å². The third-order valence-corrected chi connectivity index (χ3v) is 4.45. The summed E-state index contributed by atoms with van der Waals surface area (Å²) in [5, 5.41) is 6.65. The minimum absolute atomic E-state index is 0.655. The molecule has 2 aromatic carbocycles. The Labute approximate surface area is 156 Å². The number of anilines is 3. The van der Waals surface area contributed by atoms with Crippen molar-refractivity contribution in [1.29, 1.82) is 0 Å². The molecule has 1 heterocycles. The average Bonchev–Trinajstić information content (AvgIpc) is 2.61. The molecule has 0 aliphatic heterocycles. The number of nitrogens with zero attached hydrogens (tertiary/aromatic N) is 2. The summed E-state index contributed by atoms with van der Waals surface area (Å²) in [6, 6.07) is 20.4. The van der Waals surface area contributed by atoms with Crippen LogP contribution in [0, 0.1) is 6.92 Å². The van der Waals surface area contributed by atoms with E-state index >= 15 is 0 Å². The maximum absolute atomic E-state index is 4.56. The van der Waals surface area contributed by atoms with E-state index in [1.165, 1.54) is 5.56 Å². The Morgan fingerprint density at radius 2 is 1.72 bits per heavy atom. The second-order valence-corrected chi connectivity index (χ2v) is 6.69. The summed E-state index contributed by atoms with van der Waals surface area (Å²) >= 11 is 3.54. The highest BCUT2D eigenvalue weighted by Crippen LogP contribution is 2.25. The Kier molecular flexibility index (Phi) is 6.01. The van der Waals surface area contributed by atoms with Crippen molar-refractivity contribution < 1.29 is 0 Å². The van der Waals surface area contributed by atoms with Gasteiger partial charge in [0.1, 0.15) is 5.82 Å². The number of nitrogens with one attached hydrogen (secondary N) is 2. The molecule has 0 fully saturated rings. The number of aromatic nitrogens is 2. The average molecular weight is 397 g/mol. The predicted octanol–water partition coefficient (Wildman–Crippen LogP) is 5.34. The van der Waals surface area contributed by atoms with Crippen LogP contribution in [0.3, 0.4) is 0 Å². The summed E-state index contributed by atoms with van der Waals surface area (Å²) < 4.78 is 1.00. The van der Waals surface area contributed by atoms with Gasteiger partial charge in [-0.2, -0.15) is 4.98 Å². The van der Waals surface area contributed by atoms with Gasteiger partial charge in [0.2, 0.25) is 5.95 Å². The second kappa shape index (κ2) is 8.62. The molecule has 0 aliphatic carbocycles. The zero-order chi connectivity index (χ0) is 17.5. The number of benzene rings is 2. The largest absolute Gasteiger partial charge is 0.354 e. The number of halogens is 1. The van der Waals surface area contributed by atoms with E-state index in [0.717, 1.165) is 41.1 Å². The zero-order valence-corrected chi connectivity index (χ0v) is 15.8. The molecule has 25 heavy (non-hydrogen) atoms. The van der Waals surface area contributed by atoms with Crippen molar-refractivity contribution in [2.75, 3.05) is 17.2 Å². The predicted molar refractivity (Wildman–Crippen MR) is 107 cm³/mol. The van der Waals surface area contributed by atoms with E-state index in [1.54, 1.807) is 0 Å². The van der Waals surface area contributed by atoms with Gasteiger partial charge in [-0.05, 0) is 53.4 Å². The molecule has 0 saturated carbocycles. The summed E-state index contributed by atoms with van der Waals surface area (Å²) in [7, 11) is 0. The van der Waals surface area contributed by atoms with Crippen LogP contribution in [0.4, 0.5) is 17.5 Å². The first kappa shape index (κ1) is 17.4. The molecular formula is C20H21BrN4. The van der Waals surface area contributed by atoms with Gasteiger partial charge in [-0.1, -0.05) is 42.5 Å². The number of hydrogen-bond donors (Lipinski definition) is 2. The minimum atomic E-state index is 0.655. The fraction of sp³-hybridized carbons (Fsp3) is 0.200. The molecular weight excluding hydrogens is 376 g/mol. The Morgan fingerprint density at radius 3 is 2.52 bits per heavy atom. The fourth-order valence-corrected chi connectivity index (χ4v) is 2.93. The van der Waals surface area contributed by atoms with Crippen LogP contribution in [0.15, 0.2) is 65.1 Å². The van der Waals surface area contributed by atoms with E-state index in [4.69, 9.17) is 0 Å². The minimum Gasteiger partial charge on any atom is -0.354 e. The van der Waals surface area contributed by atoms with Crippen LogP contribution in [0.25, 0.3) is 0 Å². The number of para-hydroxylation sites is 1. The van der Waals surface area contributed by atoms with Gasteiger partial charge in [0.25, 0.3) is 0 Å². The summed E-state index contributed by atoms with van der Waals surface area (Å²) in [5.41, 5.74) is 3.26. The van der Waals surface area contributed by atoms with Gasteiger partial charge in [0.05, 0.1) is 5.69 Å². The molecule has 3 aromatic rings. The van der Waals surface area contributed by atoms with Crippen molar-refractivity contribution in [3.8, 4) is 0 Å². The van der Waals surface area contributed by atoms with Crippen LogP contribution in [0.5, 0.6) is 0 Å². The molecule has 0 bridgehead atoms. The van der Waals surface area contributed by atoms with E-state index in [-0.39, 0.29) is 0 Å². The first-order valence-corrected chi connectivity index (χ1v) is 9.15. The number of hydrogen-bond acceptors (Lipinski definition) is 4. The molecule has 5 heteroatoms. The third-order valence-electron chi connectivity index (χ3n) is 3.76. The summed E-state index contributed by atoms with van der Waals surface area (Å²) in [5.74, 6) is 1.44. The number of aryl methyl sites for hydroxylation is 2. The molecule has 128 valence electrons. The van der Waals surface area contributed by atoms with Crippen LogP contribution in [-0.2, 0) is 6.42 Å². The van der Waals surface area contributed by atoms with E-state index in [1.807, 2.05) is 43.3 Å². The van der Waals surface area contributed by atoms with Gasteiger partial charge in [0, 0.05) is 22.8 Å². The summed E-state index contributed by atoms with van der Waals surface area (Å²) in [6.07, 6.45) is 2.08. The number of rotatable bonds is 7. The van der Waals surface area contributed by atoms with Crippen molar-refractivity contribution in [2.24, 2.45) is 0 Å². The Bertz CT molecular complexity index is 821. The molecule has 4 nitrogen and oxygen atoms in total. The molecule has 0 spiro atoms. The summed E-state index contributed by atoms with van der Waals surface area (Å²) in [4.78, 5) is 9.03. The van der Waals surface area contributed by atoms with E-state index < -0.39 is 0 Å². The van der Waals surface area contributed by atoms with Gasteiger partial charge in [-0.25, -0.2) is 4.98 Å². The summed E-state index contributed by atoms with van der Waals surface area (Å²) in [6.45, 7) is 2.81. The fourth-order valence-electron chi connectivity index (χ4n) is 2.55. The monoisotopic (exact) mass is 396 g/mol. The van der Waals surface area contributed by atoms with E-state index in [0.29, 0.717) is 5.95 Å². The Hall–Kier alpha value is -2.40. The maximum atomic E-state index is 4.56. The smallest absolute Gasteiger partial charge is 0.224 e. The van der Waals surface area contributed by atoms with Crippen LogP contribution in [-0.4, -0.2) is 16.5 Å². The molecule has 0 saturated heterocycles. The van der Waals surface area contributed by atoms with Crippen molar-refractivity contribution in [3.63, 3.8) is 0 Å². The molecule has 0 radical (unpaired) electrons. The Balaban J connectivity index is 1.59. The van der Waals surface area contributed by atoms with Gasteiger partial charge < -0.3 is 10.6 Å². The standard InChI is InChI=1S/C20H21BrN4/c1-15-14-19(24-18-12-6-5-11-17(18)21)25-20(23-15)22-13-7-10-16-8-3-2-4-9-16/h2-6,8-9,11-12,14H,7,10,13H2,1H3,(H2,22,23,24,25). The van der Waals surface area contributed by atoms with Crippen molar-refractivity contribution >= 4 is 33.4 Å². The molecule has 1 aromatic heterocycles. The second-order valence-electron chi connectivity index (χ2n) is 5.84. The SMILES string of the molecule is Cc1cc(Nc2ccccc2Br)nc(NCCCc2ccccc2)n1. The van der Waals surface area contributed by atoms with Gasteiger partial charge in [-0.3, -0.25) is 0 Å². The van der Waals surface area contributed by atoms with Crippen LogP contribution < -0.4 is 10.6 Å². The van der Waals surface area contributed by atoms with Crippen LogP contribution in [0.2, 0.25) is 0 Å².